The first-order valence-electron chi connectivity index (χ1n) is 8.68. The van der Waals surface area contributed by atoms with Crippen molar-refractivity contribution in [2.24, 2.45) is 5.73 Å². The highest BCUT2D eigenvalue weighted by Crippen LogP contribution is 2.26. The Labute approximate surface area is 172 Å². The first-order chi connectivity index (χ1) is 13.8. The number of hydrogen-bond donors (Lipinski definition) is 3. The van der Waals surface area contributed by atoms with Crippen molar-refractivity contribution < 1.29 is 23.1 Å². The number of nitrogens with one attached hydrogen (secondary N) is 1. The molecule has 4 N–H and O–H groups in total. The number of carbonyl (C=O) groups excluding carboxylic acids is 1. The molecule has 2 aromatic carbocycles. The van der Waals surface area contributed by atoms with E-state index in [-0.39, 0.29) is 18.0 Å². The summed E-state index contributed by atoms with van der Waals surface area (Å²) in [6.45, 7) is -0.456. The number of aliphatic hydroxyl groups is 1. The normalized spacial score (nSPS) is 12.4. The number of ether oxygens (including phenoxy) is 1. The highest BCUT2D eigenvalue weighted by atomic mass is 32.2. The van der Waals surface area contributed by atoms with Gasteiger partial charge in [0.1, 0.15) is 5.75 Å². The van der Waals surface area contributed by atoms with Crippen molar-refractivity contribution in [3.8, 4) is 16.2 Å². The van der Waals surface area contributed by atoms with Crippen LogP contribution in [0.4, 0.5) is 0 Å². The molecule has 1 amide bonds. The Morgan fingerprint density at radius 3 is 2.38 bits per heavy atom. The van der Waals surface area contributed by atoms with Crippen LogP contribution in [-0.4, -0.2) is 32.6 Å². The van der Waals surface area contributed by atoms with Gasteiger partial charge in [-0.25, -0.2) is 13.1 Å². The minimum absolute atomic E-state index is 0.0177. The van der Waals surface area contributed by atoms with E-state index in [0.29, 0.717) is 11.3 Å². The summed E-state index contributed by atoms with van der Waals surface area (Å²) in [7, 11) is -3.81. The first-order valence-corrected chi connectivity index (χ1v) is 11.0. The molecule has 0 radical (unpaired) electrons. The molecule has 0 aliphatic heterocycles. The smallest absolute Gasteiger partial charge is 0.255 e. The second kappa shape index (κ2) is 9.19. The quantitative estimate of drug-likeness (QED) is 0.479. The Bertz CT molecular complexity index is 1050. The number of amides is 1. The van der Waals surface area contributed by atoms with Crippen LogP contribution in [-0.2, 0) is 14.8 Å². The summed E-state index contributed by atoms with van der Waals surface area (Å²) in [6, 6.07) is 16.9. The molecule has 7 nitrogen and oxygen atoms in total. The third-order valence-electron chi connectivity index (χ3n) is 4.08. The number of thiophene rings is 1. The third-order valence-corrected chi connectivity index (χ3v) is 6.44. The minimum atomic E-state index is -3.81. The van der Waals surface area contributed by atoms with Gasteiger partial charge in [0.2, 0.25) is 10.0 Å². The van der Waals surface area contributed by atoms with E-state index in [0.717, 1.165) is 10.4 Å². The van der Waals surface area contributed by atoms with Crippen molar-refractivity contribution in [2.45, 2.75) is 11.0 Å². The summed E-state index contributed by atoms with van der Waals surface area (Å²) in [4.78, 5) is 11.8. The molecular weight excluding hydrogens is 412 g/mol. The SMILES string of the molecule is NC(=O)COc1ccc(S(=O)(=O)NCC(O)c2ccc(-c3cccs3)cc2)cc1. The van der Waals surface area contributed by atoms with E-state index in [2.05, 4.69) is 4.72 Å². The molecule has 3 aromatic rings. The van der Waals surface area contributed by atoms with E-state index in [1.165, 1.54) is 24.3 Å². The van der Waals surface area contributed by atoms with Gasteiger partial charge in [0.05, 0.1) is 11.0 Å². The van der Waals surface area contributed by atoms with Crippen LogP contribution in [0.3, 0.4) is 0 Å². The number of hydrogen-bond acceptors (Lipinski definition) is 6. The summed E-state index contributed by atoms with van der Waals surface area (Å²) < 4.78 is 32.3. The van der Waals surface area contributed by atoms with Crippen LogP contribution in [0.25, 0.3) is 10.4 Å². The molecule has 0 spiro atoms. The Kier molecular flexibility index (Phi) is 6.65. The zero-order valence-corrected chi connectivity index (χ0v) is 16.9. The van der Waals surface area contributed by atoms with E-state index in [1.807, 2.05) is 29.6 Å². The van der Waals surface area contributed by atoms with E-state index < -0.39 is 22.0 Å². The highest BCUT2D eigenvalue weighted by Gasteiger charge is 2.17. The molecule has 1 unspecified atom stereocenters. The van der Waals surface area contributed by atoms with Crippen LogP contribution in [0.2, 0.25) is 0 Å². The van der Waals surface area contributed by atoms with Crippen LogP contribution in [0, 0.1) is 0 Å². The zero-order chi connectivity index (χ0) is 20.9. The summed E-state index contributed by atoms with van der Waals surface area (Å²) >= 11 is 1.62. The molecule has 1 aromatic heterocycles. The van der Waals surface area contributed by atoms with Crippen LogP contribution in [0.15, 0.2) is 70.9 Å². The van der Waals surface area contributed by atoms with Crippen molar-refractivity contribution in [3.63, 3.8) is 0 Å². The average Bonchev–Trinajstić information content (AvgIpc) is 3.26. The number of rotatable bonds is 9. The first kappa shape index (κ1) is 21.0. The molecule has 0 aliphatic rings. The van der Waals surface area contributed by atoms with Crippen LogP contribution in [0.1, 0.15) is 11.7 Å². The number of aliphatic hydroxyl groups excluding tert-OH is 1. The standard InChI is InChI=1S/C20H20N2O5S2/c21-20(24)13-27-16-7-9-17(10-8-16)29(25,26)22-12-18(23)14-3-5-15(6-4-14)19-2-1-11-28-19/h1-11,18,22-23H,12-13H2,(H2,21,24). The Morgan fingerprint density at radius 1 is 1.10 bits per heavy atom. The highest BCUT2D eigenvalue weighted by molar-refractivity contribution is 7.89. The lowest BCUT2D eigenvalue weighted by atomic mass is 10.1. The summed E-state index contributed by atoms with van der Waals surface area (Å²) in [5.41, 5.74) is 6.65. The Morgan fingerprint density at radius 2 is 1.79 bits per heavy atom. The van der Waals surface area contributed by atoms with E-state index >= 15 is 0 Å². The maximum Gasteiger partial charge on any atom is 0.255 e. The Hall–Kier alpha value is -2.72. The van der Waals surface area contributed by atoms with Gasteiger partial charge in [-0.2, -0.15) is 0 Å². The predicted molar refractivity (Wildman–Crippen MR) is 111 cm³/mol. The fourth-order valence-corrected chi connectivity index (χ4v) is 4.34. The fraction of sp³-hybridized carbons (Fsp3) is 0.150. The molecule has 3 rings (SSSR count). The number of nitrogens with two attached hydrogens (primary N) is 1. The van der Waals surface area contributed by atoms with Gasteiger partial charge < -0.3 is 15.6 Å². The van der Waals surface area contributed by atoms with Gasteiger partial charge in [-0.05, 0) is 46.8 Å². The molecule has 1 atom stereocenters. The number of sulfonamides is 1. The molecule has 1 heterocycles. The lowest BCUT2D eigenvalue weighted by Gasteiger charge is -2.13. The molecule has 0 bridgehead atoms. The number of benzene rings is 2. The van der Waals surface area contributed by atoms with Gasteiger partial charge in [-0.1, -0.05) is 30.3 Å². The van der Waals surface area contributed by atoms with Gasteiger partial charge >= 0.3 is 0 Å². The number of carbonyl (C=O) groups is 1. The lowest BCUT2D eigenvalue weighted by molar-refractivity contribution is -0.119. The number of primary amides is 1. The predicted octanol–water partition coefficient (Wildman–Crippen LogP) is 2.29. The van der Waals surface area contributed by atoms with Gasteiger partial charge in [0.15, 0.2) is 6.61 Å². The molecular formula is C20H20N2O5S2. The molecule has 152 valence electrons. The van der Waals surface area contributed by atoms with Crippen LogP contribution < -0.4 is 15.2 Å². The minimum Gasteiger partial charge on any atom is -0.484 e. The van der Waals surface area contributed by atoms with Gasteiger partial charge in [0.25, 0.3) is 5.91 Å². The van der Waals surface area contributed by atoms with Crippen molar-refractivity contribution in [3.05, 3.63) is 71.6 Å². The van der Waals surface area contributed by atoms with Crippen molar-refractivity contribution in [1.82, 2.24) is 4.72 Å². The summed E-state index contributed by atoms with van der Waals surface area (Å²) in [6.07, 6.45) is -0.986. The average molecular weight is 433 g/mol. The maximum absolute atomic E-state index is 12.4. The monoisotopic (exact) mass is 432 g/mol. The van der Waals surface area contributed by atoms with E-state index in [1.54, 1.807) is 23.5 Å². The van der Waals surface area contributed by atoms with E-state index in [9.17, 15) is 18.3 Å². The molecule has 0 aliphatic carbocycles. The molecule has 0 saturated heterocycles. The largest absolute Gasteiger partial charge is 0.484 e. The van der Waals surface area contributed by atoms with Gasteiger partial charge in [-0.3, -0.25) is 4.79 Å². The summed E-state index contributed by atoms with van der Waals surface area (Å²) in [5, 5.41) is 12.3. The molecule has 9 heteroatoms. The van der Waals surface area contributed by atoms with Crippen LogP contribution in [0.5, 0.6) is 5.75 Å². The topological polar surface area (TPSA) is 119 Å². The van der Waals surface area contributed by atoms with Crippen molar-refractivity contribution in [2.75, 3.05) is 13.2 Å². The van der Waals surface area contributed by atoms with Gasteiger partial charge in [-0.15, -0.1) is 11.3 Å². The second-order valence-electron chi connectivity index (χ2n) is 6.19. The van der Waals surface area contributed by atoms with Crippen molar-refractivity contribution in [1.29, 1.82) is 0 Å². The maximum atomic E-state index is 12.4. The third kappa shape index (κ3) is 5.64. The fourth-order valence-electron chi connectivity index (χ4n) is 2.57. The van der Waals surface area contributed by atoms with Crippen LogP contribution >= 0.6 is 11.3 Å². The molecule has 0 saturated carbocycles. The molecule has 29 heavy (non-hydrogen) atoms. The van der Waals surface area contributed by atoms with Crippen molar-refractivity contribution >= 4 is 27.3 Å². The lowest BCUT2D eigenvalue weighted by Crippen LogP contribution is -2.28. The van der Waals surface area contributed by atoms with Gasteiger partial charge in [0, 0.05) is 11.4 Å². The Balaban J connectivity index is 1.59. The molecule has 0 fully saturated rings. The zero-order valence-electron chi connectivity index (χ0n) is 15.3. The second-order valence-corrected chi connectivity index (χ2v) is 8.91. The summed E-state index contributed by atoms with van der Waals surface area (Å²) in [5.74, 6) is -0.297. The van der Waals surface area contributed by atoms with E-state index in [4.69, 9.17) is 10.5 Å².